The first-order valence-corrected chi connectivity index (χ1v) is 12.0. The molecule has 1 aromatic heterocycles. The molecule has 1 N–H and O–H groups in total. The second kappa shape index (κ2) is 9.71. The van der Waals surface area contributed by atoms with Gasteiger partial charge in [0.2, 0.25) is 0 Å². The Morgan fingerprint density at radius 2 is 1.94 bits per heavy atom. The maximum Gasteiger partial charge on any atom is 0.279 e. The average Bonchev–Trinajstić information content (AvgIpc) is 3.57. The van der Waals surface area contributed by atoms with Gasteiger partial charge in [-0.1, -0.05) is 22.5 Å². The number of amides is 1. The lowest BCUT2D eigenvalue weighted by Gasteiger charge is -2.11. The number of ether oxygens (including phenoxy) is 1. The first kappa shape index (κ1) is 22.9. The number of rotatable bonds is 9. The van der Waals surface area contributed by atoms with Crippen LogP contribution < -0.4 is 5.32 Å². The number of anilines is 1. The van der Waals surface area contributed by atoms with Crippen LogP contribution in [0.2, 0.25) is 0 Å². The van der Waals surface area contributed by atoms with Crippen molar-refractivity contribution in [3.05, 3.63) is 52.8 Å². The third-order valence-corrected chi connectivity index (χ3v) is 7.59. The van der Waals surface area contributed by atoms with Gasteiger partial charge in [0.25, 0.3) is 5.91 Å². The minimum absolute atomic E-state index is 0.0499. The maximum atomic E-state index is 13.0. The van der Waals surface area contributed by atoms with Gasteiger partial charge in [0.15, 0.2) is 27.5 Å². The predicted octanol–water partition coefficient (Wildman–Crippen LogP) is 2.39. The highest BCUT2D eigenvalue weighted by Gasteiger charge is 2.36. The Balaban J connectivity index is 1.55. The standard InChI is InChI=1S/C21H23N5O6S/c1-13(25-28)18-10-23-19(11-22-18)24-21(27)20(26-32-15-8-9-31-12-15)14-2-4-16(5-3-14)33(29,30)17-6-7-17/h2-5,10-11,13,15,17H,6-9,12H2,1H3,(H,23,24,27)/t13?,15-/m1/s1. The van der Waals surface area contributed by atoms with Crippen LogP contribution in [0.15, 0.2) is 51.9 Å². The number of carbonyl (C=O) groups excluding carboxylic acids is 1. The van der Waals surface area contributed by atoms with Crippen LogP contribution in [-0.2, 0) is 24.2 Å². The van der Waals surface area contributed by atoms with Crippen molar-refractivity contribution in [1.82, 2.24) is 9.97 Å². The Bertz CT molecular complexity index is 1140. The van der Waals surface area contributed by atoms with Gasteiger partial charge in [-0.3, -0.25) is 9.78 Å². The number of nitrogens with zero attached hydrogens (tertiary/aromatic N) is 4. The normalized spacial score (nSPS) is 19.7. The smallest absolute Gasteiger partial charge is 0.279 e. The molecule has 0 radical (unpaired) electrons. The number of nitroso groups, excluding NO2 is 1. The number of hydrogen-bond donors (Lipinski definition) is 1. The summed E-state index contributed by atoms with van der Waals surface area (Å²) in [5.41, 5.74) is 0.699. The minimum atomic E-state index is -3.35. The van der Waals surface area contributed by atoms with E-state index in [1.807, 2.05) is 0 Å². The summed E-state index contributed by atoms with van der Waals surface area (Å²) in [5.74, 6) is -0.470. The molecule has 12 heteroatoms. The van der Waals surface area contributed by atoms with Crippen LogP contribution in [0.4, 0.5) is 5.82 Å². The van der Waals surface area contributed by atoms with Crippen LogP contribution in [0.3, 0.4) is 0 Å². The molecule has 4 rings (SSSR count). The molecule has 1 saturated heterocycles. The number of carbonyl (C=O) groups is 1. The van der Waals surface area contributed by atoms with Crippen molar-refractivity contribution < 1.29 is 22.8 Å². The van der Waals surface area contributed by atoms with Crippen LogP contribution in [0.25, 0.3) is 0 Å². The molecule has 33 heavy (non-hydrogen) atoms. The van der Waals surface area contributed by atoms with Gasteiger partial charge >= 0.3 is 0 Å². The summed E-state index contributed by atoms with van der Waals surface area (Å²) in [5, 5.41) is 9.19. The topological polar surface area (TPSA) is 149 Å². The Kier molecular flexibility index (Phi) is 6.75. The second-order valence-electron chi connectivity index (χ2n) is 7.86. The summed E-state index contributed by atoms with van der Waals surface area (Å²) < 4.78 is 30.2. The van der Waals surface area contributed by atoms with Crippen LogP contribution in [0, 0.1) is 4.91 Å². The molecule has 2 fully saturated rings. The number of sulfone groups is 1. The fraction of sp³-hybridized carbons (Fsp3) is 0.429. The number of hydrogen-bond acceptors (Lipinski definition) is 10. The van der Waals surface area contributed by atoms with Gasteiger partial charge in [-0.05, 0) is 31.9 Å². The van der Waals surface area contributed by atoms with Crippen molar-refractivity contribution in [2.45, 2.75) is 48.5 Å². The van der Waals surface area contributed by atoms with Crippen molar-refractivity contribution in [2.24, 2.45) is 10.3 Å². The van der Waals surface area contributed by atoms with Crippen molar-refractivity contribution in [2.75, 3.05) is 18.5 Å². The quantitative estimate of drug-likeness (QED) is 0.331. The Morgan fingerprint density at radius 1 is 1.18 bits per heavy atom. The van der Waals surface area contributed by atoms with Gasteiger partial charge in [0.05, 0.1) is 41.4 Å². The molecule has 0 spiro atoms. The lowest BCUT2D eigenvalue weighted by molar-refractivity contribution is -0.110. The van der Waals surface area contributed by atoms with E-state index in [0.717, 1.165) is 0 Å². The summed E-state index contributed by atoms with van der Waals surface area (Å²) >= 11 is 0. The molecular weight excluding hydrogens is 450 g/mol. The molecule has 2 heterocycles. The predicted molar refractivity (Wildman–Crippen MR) is 118 cm³/mol. The highest BCUT2D eigenvalue weighted by Crippen LogP contribution is 2.33. The first-order chi connectivity index (χ1) is 15.9. The van der Waals surface area contributed by atoms with E-state index >= 15 is 0 Å². The van der Waals surface area contributed by atoms with Crippen LogP contribution in [-0.4, -0.2) is 54.6 Å². The van der Waals surface area contributed by atoms with Crippen LogP contribution in [0.5, 0.6) is 0 Å². The second-order valence-corrected chi connectivity index (χ2v) is 10.1. The number of aromatic nitrogens is 2. The summed E-state index contributed by atoms with van der Waals surface area (Å²) in [6.45, 7) is 2.50. The zero-order chi connectivity index (χ0) is 23.4. The number of oxime groups is 1. The van der Waals surface area contributed by atoms with E-state index in [2.05, 4.69) is 25.6 Å². The summed E-state index contributed by atoms with van der Waals surface area (Å²) in [6.07, 6.45) is 4.35. The van der Waals surface area contributed by atoms with Gasteiger partial charge in [-0.2, -0.15) is 4.91 Å². The molecule has 1 saturated carbocycles. The molecule has 1 amide bonds. The maximum absolute atomic E-state index is 13.0. The average molecular weight is 474 g/mol. The van der Waals surface area contributed by atoms with E-state index in [4.69, 9.17) is 9.57 Å². The first-order valence-electron chi connectivity index (χ1n) is 10.5. The minimum Gasteiger partial charge on any atom is -0.389 e. The zero-order valence-electron chi connectivity index (χ0n) is 17.9. The van der Waals surface area contributed by atoms with E-state index < -0.39 is 21.8 Å². The molecule has 0 bridgehead atoms. The van der Waals surface area contributed by atoms with Gasteiger partial charge in [-0.15, -0.1) is 0 Å². The van der Waals surface area contributed by atoms with E-state index in [1.165, 1.54) is 36.7 Å². The van der Waals surface area contributed by atoms with Crippen molar-refractivity contribution in [3.8, 4) is 0 Å². The Hall–Kier alpha value is -3.25. The van der Waals surface area contributed by atoms with E-state index in [-0.39, 0.29) is 27.8 Å². The van der Waals surface area contributed by atoms with Crippen LogP contribution >= 0.6 is 0 Å². The molecule has 2 atom stereocenters. The fourth-order valence-corrected chi connectivity index (χ4v) is 4.83. The molecule has 11 nitrogen and oxygen atoms in total. The van der Waals surface area contributed by atoms with E-state index in [1.54, 1.807) is 6.92 Å². The fourth-order valence-electron chi connectivity index (χ4n) is 3.17. The van der Waals surface area contributed by atoms with Crippen LogP contribution in [0.1, 0.15) is 43.5 Å². The molecule has 1 aliphatic heterocycles. The third-order valence-electron chi connectivity index (χ3n) is 5.32. The zero-order valence-corrected chi connectivity index (χ0v) is 18.7. The van der Waals surface area contributed by atoms with Crippen molar-refractivity contribution in [3.63, 3.8) is 0 Å². The summed E-state index contributed by atoms with van der Waals surface area (Å²) in [6, 6.07) is 5.31. The van der Waals surface area contributed by atoms with E-state index in [9.17, 15) is 18.1 Å². The summed E-state index contributed by atoms with van der Waals surface area (Å²) in [7, 11) is -3.35. The molecular formula is C21H23N5O6S. The number of benzene rings is 1. The Labute approximate surface area is 190 Å². The SMILES string of the molecule is CC(N=O)c1cnc(NC(=O)C(=NO[C@@H]2CCOC2)c2ccc(S(=O)(=O)C3CC3)cc2)cn1. The van der Waals surface area contributed by atoms with Gasteiger partial charge < -0.3 is 14.9 Å². The Morgan fingerprint density at radius 3 is 2.52 bits per heavy atom. The molecule has 1 unspecified atom stereocenters. The van der Waals surface area contributed by atoms with Crippen molar-refractivity contribution >= 4 is 27.3 Å². The van der Waals surface area contributed by atoms with Gasteiger partial charge in [-0.25, -0.2) is 13.4 Å². The monoisotopic (exact) mass is 473 g/mol. The largest absolute Gasteiger partial charge is 0.389 e. The molecule has 1 aromatic carbocycles. The summed E-state index contributed by atoms with van der Waals surface area (Å²) in [4.78, 5) is 37.5. The van der Waals surface area contributed by atoms with E-state index in [0.29, 0.717) is 43.7 Å². The lowest BCUT2D eigenvalue weighted by atomic mass is 10.1. The highest BCUT2D eigenvalue weighted by molar-refractivity contribution is 7.92. The van der Waals surface area contributed by atoms with Gasteiger partial charge in [0.1, 0.15) is 6.04 Å². The molecule has 1 aliphatic carbocycles. The molecule has 2 aliphatic rings. The number of nitrogens with one attached hydrogen (secondary N) is 1. The van der Waals surface area contributed by atoms with Gasteiger partial charge in [0, 0.05) is 12.0 Å². The van der Waals surface area contributed by atoms with Crippen molar-refractivity contribution in [1.29, 1.82) is 0 Å². The molecule has 2 aromatic rings. The third kappa shape index (κ3) is 5.40. The highest BCUT2D eigenvalue weighted by atomic mass is 32.2. The lowest BCUT2D eigenvalue weighted by Crippen LogP contribution is -2.26. The molecule has 174 valence electrons.